The Morgan fingerprint density at radius 2 is 2.00 bits per heavy atom. The Labute approximate surface area is 70.6 Å². The van der Waals surface area contributed by atoms with Crippen molar-refractivity contribution in [1.29, 1.82) is 0 Å². The molecule has 1 amide bonds. The zero-order chi connectivity index (χ0) is 9.72. The van der Waals surface area contributed by atoms with Crippen LogP contribution in [0.25, 0.3) is 0 Å². The molecule has 2 N–H and O–H groups in total. The van der Waals surface area contributed by atoms with Gasteiger partial charge in [0.05, 0.1) is 6.61 Å². The van der Waals surface area contributed by atoms with Crippen molar-refractivity contribution in [2.24, 2.45) is 5.92 Å². The maximum Gasteiger partial charge on any atom is 0.315 e. The van der Waals surface area contributed by atoms with Crippen molar-refractivity contribution in [3.05, 3.63) is 0 Å². The number of amides is 1. The molecule has 0 radical (unpaired) electrons. The molecule has 0 saturated carbocycles. The van der Waals surface area contributed by atoms with Gasteiger partial charge >= 0.3 is 5.97 Å². The van der Waals surface area contributed by atoms with Crippen molar-refractivity contribution in [1.82, 2.24) is 4.90 Å². The molecule has 1 atom stereocenters. The van der Waals surface area contributed by atoms with Gasteiger partial charge in [-0.25, -0.2) is 0 Å². The van der Waals surface area contributed by atoms with E-state index >= 15 is 0 Å². The van der Waals surface area contributed by atoms with Crippen LogP contribution in [-0.4, -0.2) is 47.2 Å². The van der Waals surface area contributed by atoms with E-state index in [4.69, 9.17) is 10.2 Å². The number of aliphatic hydroxyl groups excluding tert-OH is 1. The first kappa shape index (κ1) is 10.9. The van der Waals surface area contributed by atoms with E-state index in [1.807, 2.05) is 0 Å². The van der Waals surface area contributed by atoms with Gasteiger partial charge in [0.25, 0.3) is 0 Å². The number of aliphatic hydroxyl groups is 1. The highest BCUT2D eigenvalue weighted by Crippen LogP contribution is 1.99. The van der Waals surface area contributed by atoms with Crippen LogP contribution in [0.1, 0.15) is 6.92 Å². The Hall–Kier alpha value is -1.10. The molecule has 0 aliphatic carbocycles. The van der Waals surface area contributed by atoms with E-state index in [0.717, 1.165) is 0 Å². The van der Waals surface area contributed by atoms with Gasteiger partial charge in [0.15, 0.2) is 0 Å². The molecule has 0 spiro atoms. The van der Waals surface area contributed by atoms with Gasteiger partial charge in [-0.2, -0.15) is 0 Å². The summed E-state index contributed by atoms with van der Waals surface area (Å²) in [6, 6.07) is 0. The largest absolute Gasteiger partial charge is 0.481 e. The topological polar surface area (TPSA) is 77.8 Å². The molecular formula is C7H13NO4. The fourth-order valence-corrected chi connectivity index (χ4v) is 0.696. The highest BCUT2D eigenvalue weighted by Gasteiger charge is 2.23. The number of nitrogens with zero attached hydrogens (tertiary/aromatic N) is 1. The molecule has 5 nitrogen and oxygen atoms in total. The SMILES string of the molecule is CC(C(=O)O)C(=O)N(C)CCO. The molecule has 0 aliphatic heterocycles. The quantitative estimate of drug-likeness (QED) is 0.546. The maximum atomic E-state index is 11.1. The maximum absolute atomic E-state index is 11.1. The number of hydrogen-bond donors (Lipinski definition) is 2. The van der Waals surface area contributed by atoms with Gasteiger partial charge in [0.1, 0.15) is 5.92 Å². The second-order valence-corrected chi connectivity index (χ2v) is 2.54. The summed E-state index contributed by atoms with van der Waals surface area (Å²) in [5.41, 5.74) is 0. The number of likely N-dealkylation sites (N-methyl/N-ethyl adjacent to an activating group) is 1. The summed E-state index contributed by atoms with van der Waals surface area (Å²) >= 11 is 0. The molecule has 0 aliphatic rings. The number of hydrogen-bond acceptors (Lipinski definition) is 3. The van der Waals surface area contributed by atoms with E-state index in [1.54, 1.807) is 0 Å². The van der Waals surface area contributed by atoms with Gasteiger partial charge in [-0.3, -0.25) is 9.59 Å². The van der Waals surface area contributed by atoms with Crippen molar-refractivity contribution in [2.75, 3.05) is 20.2 Å². The molecule has 0 heterocycles. The lowest BCUT2D eigenvalue weighted by atomic mass is 10.1. The second kappa shape index (κ2) is 4.71. The molecule has 5 heteroatoms. The molecule has 1 unspecified atom stereocenters. The second-order valence-electron chi connectivity index (χ2n) is 2.54. The summed E-state index contributed by atoms with van der Waals surface area (Å²) in [7, 11) is 1.46. The van der Waals surface area contributed by atoms with E-state index < -0.39 is 17.8 Å². The van der Waals surface area contributed by atoms with Crippen molar-refractivity contribution < 1.29 is 19.8 Å². The summed E-state index contributed by atoms with van der Waals surface area (Å²) in [5, 5.41) is 16.9. The summed E-state index contributed by atoms with van der Waals surface area (Å²) in [5.74, 6) is -2.68. The molecule has 0 bridgehead atoms. The minimum absolute atomic E-state index is 0.158. The van der Waals surface area contributed by atoms with Crippen LogP contribution in [0.4, 0.5) is 0 Å². The van der Waals surface area contributed by atoms with Crippen LogP contribution in [0.3, 0.4) is 0 Å². The minimum atomic E-state index is -1.15. The fraction of sp³-hybridized carbons (Fsp3) is 0.714. The van der Waals surface area contributed by atoms with Gasteiger partial charge in [-0.05, 0) is 6.92 Å². The third kappa shape index (κ3) is 2.87. The predicted octanol–water partition coefficient (Wildman–Crippen LogP) is -0.842. The summed E-state index contributed by atoms with van der Waals surface area (Å²) in [4.78, 5) is 22.6. The van der Waals surface area contributed by atoms with Gasteiger partial charge in [0.2, 0.25) is 5.91 Å². The van der Waals surface area contributed by atoms with Crippen LogP contribution in [0.2, 0.25) is 0 Å². The Balaban J connectivity index is 4.09. The van der Waals surface area contributed by atoms with Crippen LogP contribution in [0.5, 0.6) is 0 Å². The Kier molecular flexibility index (Phi) is 4.28. The van der Waals surface area contributed by atoms with Gasteiger partial charge in [0, 0.05) is 13.6 Å². The summed E-state index contributed by atoms with van der Waals surface area (Å²) in [6.07, 6.45) is 0. The normalized spacial score (nSPS) is 12.2. The first-order chi connectivity index (χ1) is 5.50. The lowest BCUT2D eigenvalue weighted by molar-refractivity contribution is -0.149. The zero-order valence-corrected chi connectivity index (χ0v) is 7.15. The van der Waals surface area contributed by atoms with E-state index in [9.17, 15) is 9.59 Å². The molecule has 0 aromatic carbocycles. The number of aliphatic carboxylic acids is 1. The minimum Gasteiger partial charge on any atom is -0.481 e. The molecule has 0 aromatic rings. The predicted molar refractivity (Wildman–Crippen MR) is 41.5 cm³/mol. The number of carboxylic acid groups (broad SMARTS) is 1. The van der Waals surface area contributed by atoms with Crippen LogP contribution < -0.4 is 0 Å². The van der Waals surface area contributed by atoms with Gasteiger partial charge in [-0.15, -0.1) is 0 Å². The first-order valence-corrected chi connectivity index (χ1v) is 3.59. The van der Waals surface area contributed by atoms with Gasteiger partial charge < -0.3 is 15.1 Å². The number of carbonyl (C=O) groups is 2. The number of carboxylic acids is 1. The molecule has 70 valence electrons. The highest BCUT2D eigenvalue weighted by molar-refractivity contribution is 5.96. The summed E-state index contributed by atoms with van der Waals surface area (Å²) in [6.45, 7) is 1.32. The standard InChI is InChI=1S/C7H13NO4/c1-5(7(11)12)6(10)8(2)3-4-9/h5,9H,3-4H2,1-2H3,(H,11,12). The van der Waals surface area contributed by atoms with E-state index in [-0.39, 0.29) is 13.2 Å². The monoisotopic (exact) mass is 175 g/mol. The van der Waals surface area contributed by atoms with Crippen LogP contribution in [0, 0.1) is 5.92 Å². The lowest BCUT2D eigenvalue weighted by Crippen LogP contribution is -2.36. The average Bonchev–Trinajstić information content (AvgIpc) is 2.02. The molecule has 0 fully saturated rings. The van der Waals surface area contributed by atoms with Gasteiger partial charge in [-0.1, -0.05) is 0 Å². The van der Waals surface area contributed by atoms with E-state index in [1.165, 1.54) is 18.9 Å². The Bertz CT molecular complexity index is 180. The third-order valence-electron chi connectivity index (χ3n) is 1.55. The van der Waals surface area contributed by atoms with Crippen molar-refractivity contribution in [3.63, 3.8) is 0 Å². The summed E-state index contributed by atoms with van der Waals surface area (Å²) < 4.78 is 0. The van der Waals surface area contributed by atoms with Crippen molar-refractivity contribution in [2.45, 2.75) is 6.92 Å². The fourth-order valence-electron chi connectivity index (χ4n) is 0.696. The van der Waals surface area contributed by atoms with Crippen molar-refractivity contribution in [3.8, 4) is 0 Å². The Morgan fingerprint density at radius 1 is 1.50 bits per heavy atom. The average molecular weight is 175 g/mol. The number of rotatable bonds is 4. The van der Waals surface area contributed by atoms with E-state index in [2.05, 4.69) is 0 Å². The zero-order valence-electron chi connectivity index (χ0n) is 7.15. The van der Waals surface area contributed by atoms with Crippen LogP contribution in [-0.2, 0) is 9.59 Å². The van der Waals surface area contributed by atoms with Crippen LogP contribution >= 0.6 is 0 Å². The highest BCUT2D eigenvalue weighted by atomic mass is 16.4. The molecule has 12 heavy (non-hydrogen) atoms. The lowest BCUT2D eigenvalue weighted by Gasteiger charge is -2.17. The molecule has 0 rings (SSSR count). The van der Waals surface area contributed by atoms with Crippen LogP contribution in [0.15, 0.2) is 0 Å². The molecule has 0 saturated heterocycles. The Morgan fingerprint density at radius 3 is 2.33 bits per heavy atom. The first-order valence-electron chi connectivity index (χ1n) is 3.59. The smallest absolute Gasteiger partial charge is 0.315 e. The van der Waals surface area contributed by atoms with E-state index in [0.29, 0.717) is 0 Å². The third-order valence-corrected chi connectivity index (χ3v) is 1.55. The van der Waals surface area contributed by atoms with Crippen molar-refractivity contribution >= 4 is 11.9 Å². The number of carbonyl (C=O) groups excluding carboxylic acids is 1. The molecular weight excluding hydrogens is 162 g/mol. The molecule has 0 aromatic heterocycles.